The fourth-order valence-corrected chi connectivity index (χ4v) is 2.65. The van der Waals surface area contributed by atoms with Gasteiger partial charge in [0.1, 0.15) is 5.54 Å². The molecule has 0 spiro atoms. The van der Waals surface area contributed by atoms with E-state index in [1.165, 1.54) is 0 Å². The molecule has 1 aliphatic carbocycles. The molecule has 1 heterocycles. The molecular weight excluding hydrogens is 264 g/mol. The van der Waals surface area contributed by atoms with E-state index in [1.54, 1.807) is 12.5 Å². The SMILES string of the molecule is NC(=O)C(CCn1ccnc1)(NC1CC1)c1ccccc1. The van der Waals surface area contributed by atoms with Crippen molar-refractivity contribution in [1.82, 2.24) is 14.9 Å². The van der Waals surface area contributed by atoms with Gasteiger partial charge in [-0.15, -0.1) is 0 Å². The van der Waals surface area contributed by atoms with Crippen LogP contribution in [0.25, 0.3) is 0 Å². The molecule has 0 saturated heterocycles. The Kier molecular flexibility index (Phi) is 3.75. The number of benzene rings is 1. The standard InChI is InChI=1S/C16H20N4O/c17-15(21)16(19-14-6-7-14,13-4-2-1-3-5-13)8-10-20-11-9-18-12-20/h1-5,9,11-12,14,19H,6-8,10H2,(H2,17,21). The average Bonchev–Trinajstić information content (AvgIpc) is 3.16. The maximum atomic E-state index is 12.3. The highest BCUT2D eigenvalue weighted by Gasteiger charge is 2.42. The van der Waals surface area contributed by atoms with E-state index < -0.39 is 5.54 Å². The van der Waals surface area contributed by atoms with Gasteiger partial charge in [-0.05, 0) is 24.8 Å². The number of carbonyl (C=O) groups is 1. The summed E-state index contributed by atoms with van der Waals surface area (Å²) in [6, 6.07) is 10.2. The van der Waals surface area contributed by atoms with E-state index in [2.05, 4.69) is 10.3 Å². The van der Waals surface area contributed by atoms with Crippen LogP contribution in [0.15, 0.2) is 49.1 Å². The van der Waals surface area contributed by atoms with Crippen molar-refractivity contribution in [1.29, 1.82) is 0 Å². The van der Waals surface area contributed by atoms with Crippen LogP contribution in [0, 0.1) is 0 Å². The van der Waals surface area contributed by atoms with Gasteiger partial charge in [0.05, 0.1) is 6.33 Å². The summed E-state index contributed by atoms with van der Waals surface area (Å²) in [7, 11) is 0. The van der Waals surface area contributed by atoms with Gasteiger partial charge in [0.25, 0.3) is 0 Å². The summed E-state index contributed by atoms with van der Waals surface area (Å²) in [5.41, 5.74) is 5.91. The minimum absolute atomic E-state index is 0.319. The fraction of sp³-hybridized carbons (Fsp3) is 0.375. The first-order valence-electron chi connectivity index (χ1n) is 7.29. The van der Waals surface area contributed by atoms with Crippen LogP contribution in [-0.4, -0.2) is 21.5 Å². The third kappa shape index (κ3) is 2.97. The summed E-state index contributed by atoms with van der Waals surface area (Å²) in [5.74, 6) is -0.319. The molecule has 1 fully saturated rings. The third-order valence-electron chi connectivity index (χ3n) is 4.02. The summed E-state index contributed by atoms with van der Waals surface area (Å²) in [6.45, 7) is 0.692. The molecule has 110 valence electrons. The number of primary amides is 1. The lowest BCUT2D eigenvalue weighted by Crippen LogP contribution is -2.54. The lowest BCUT2D eigenvalue weighted by molar-refractivity contribution is -0.125. The van der Waals surface area contributed by atoms with Gasteiger partial charge in [-0.3, -0.25) is 10.1 Å². The molecule has 1 aromatic carbocycles. The molecule has 21 heavy (non-hydrogen) atoms. The van der Waals surface area contributed by atoms with Crippen molar-refractivity contribution in [3.8, 4) is 0 Å². The summed E-state index contributed by atoms with van der Waals surface area (Å²) in [4.78, 5) is 16.3. The normalized spacial score (nSPS) is 17.3. The smallest absolute Gasteiger partial charge is 0.242 e. The minimum atomic E-state index is -0.813. The fourth-order valence-electron chi connectivity index (χ4n) is 2.65. The second-order valence-corrected chi connectivity index (χ2v) is 5.60. The number of rotatable bonds is 7. The molecule has 3 rings (SSSR count). The first-order chi connectivity index (χ1) is 10.2. The number of aromatic nitrogens is 2. The summed E-state index contributed by atoms with van der Waals surface area (Å²) >= 11 is 0. The van der Waals surface area contributed by atoms with Crippen LogP contribution in [0.1, 0.15) is 24.8 Å². The zero-order valence-electron chi connectivity index (χ0n) is 11.9. The lowest BCUT2D eigenvalue weighted by atomic mass is 9.85. The zero-order chi connectivity index (χ0) is 14.7. The van der Waals surface area contributed by atoms with Crippen LogP contribution in [0.4, 0.5) is 0 Å². The van der Waals surface area contributed by atoms with Gasteiger partial charge in [-0.25, -0.2) is 4.98 Å². The maximum absolute atomic E-state index is 12.3. The molecule has 2 aromatic rings. The van der Waals surface area contributed by atoms with E-state index in [1.807, 2.05) is 41.1 Å². The van der Waals surface area contributed by atoms with Crippen LogP contribution >= 0.6 is 0 Å². The van der Waals surface area contributed by atoms with Gasteiger partial charge in [0.15, 0.2) is 0 Å². The number of nitrogens with one attached hydrogen (secondary N) is 1. The molecule has 3 N–H and O–H groups in total. The van der Waals surface area contributed by atoms with Crippen LogP contribution in [-0.2, 0) is 16.9 Å². The van der Waals surface area contributed by atoms with Gasteiger partial charge in [0.2, 0.25) is 5.91 Å². The molecule has 0 bridgehead atoms. The van der Waals surface area contributed by atoms with E-state index in [9.17, 15) is 4.79 Å². The molecule has 1 aliphatic rings. The first kappa shape index (κ1) is 13.8. The molecule has 1 aromatic heterocycles. The summed E-state index contributed by atoms with van der Waals surface area (Å²) in [5, 5.41) is 3.47. The zero-order valence-corrected chi connectivity index (χ0v) is 11.9. The van der Waals surface area contributed by atoms with E-state index in [4.69, 9.17) is 5.73 Å². The van der Waals surface area contributed by atoms with Crippen LogP contribution in [0.3, 0.4) is 0 Å². The Hall–Kier alpha value is -2.14. The topological polar surface area (TPSA) is 72.9 Å². The number of hydrogen-bond acceptors (Lipinski definition) is 3. The molecule has 5 nitrogen and oxygen atoms in total. The van der Waals surface area contributed by atoms with Gasteiger partial charge >= 0.3 is 0 Å². The van der Waals surface area contributed by atoms with Gasteiger partial charge in [-0.2, -0.15) is 0 Å². The highest BCUT2D eigenvalue weighted by molar-refractivity contribution is 5.86. The molecule has 1 unspecified atom stereocenters. The highest BCUT2D eigenvalue weighted by Crippen LogP contribution is 2.31. The first-order valence-corrected chi connectivity index (χ1v) is 7.29. The Morgan fingerprint density at radius 3 is 2.71 bits per heavy atom. The van der Waals surface area contributed by atoms with Crippen molar-refractivity contribution in [3.05, 3.63) is 54.6 Å². The van der Waals surface area contributed by atoms with Crippen LogP contribution in [0.2, 0.25) is 0 Å². The number of hydrogen-bond donors (Lipinski definition) is 2. The molecule has 0 radical (unpaired) electrons. The maximum Gasteiger partial charge on any atom is 0.242 e. The molecule has 0 aliphatic heterocycles. The predicted octanol–water partition coefficient (Wildman–Crippen LogP) is 1.41. The quantitative estimate of drug-likeness (QED) is 0.807. The lowest BCUT2D eigenvalue weighted by Gasteiger charge is -2.33. The molecule has 1 amide bonds. The van der Waals surface area contributed by atoms with E-state index in [-0.39, 0.29) is 5.91 Å². The number of nitrogens with two attached hydrogens (primary N) is 1. The van der Waals surface area contributed by atoms with E-state index in [0.717, 1.165) is 18.4 Å². The number of imidazole rings is 1. The average molecular weight is 284 g/mol. The number of carbonyl (C=O) groups excluding carboxylic acids is 1. The predicted molar refractivity (Wildman–Crippen MR) is 80.3 cm³/mol. The molecule has 1 saturated carbocycles. The minimum Gasteiger partial charge on any atom is -0.368 e. The van der Waals surface area contributed by atoms with Crippen molar-refractivity contribution >= 4 is 5.91 Å². The Balaban J connectivity index is 1.89. The third-order valence-corrected chi connectivity index (χ3v) is 4.02. The number of amides is 1. The summed E-state index contributed by atoms with van der Waals surface area (Å²) < 4.78 is 1.97. The van der Waals surface area contributed by atoms with Crippen molar-refractivity contribution in [2.24, 2.45) is 5.73 Å². The van der Waals surface area contributed by atoms with Gasteiger partial charge in [-0.1, -0.05) is 30.3 Å². The molecular formula is C16H20N4O. The van der Waals surface area contributed by atoms with E-state index in [0.29, 0.717) is 19.0 Å². The summed E-state index contributed by atoms with van der Waals surface area (Å²) in [6.07, 6.45) is 8.21. The van der Waals surface area contributed by atoms with Crippen molar-refractivity contribution < 1.29 is 4.79 Å². The van der Waals surface area contributed by atoms with Crippen molar-refractivity contribution in [3.63, 3.8) is 0 Å². The van der Waals surface area contributed by atoms with Gasteiger partial charge < -0.3 is 10.3 Å². The van der Waals surface area contributed by atoms with Crippen molar-refractivity contribution in [2.75, 3.05) is 0 Å². The second-order valence-electron chi connectivity index (χ2n) is 5.60. The van der Waals surface area contributed by atoms with Gasteiger partial charge in [0, 0.05) is 25.0 Å². The van der Waals surface area contributed by atoms with E-state index >= 15 is 0 Å². The largest absolute Gasteiger partial charge is 0.368 e. The Morgan fingerprint density at radius 2 is 2.14 bits per heavy atom. The van der Waals surface area contributed by atoms with Crippen molar-refractivity contribution in [2.45, 2.75) is 37.4 Å². The Bertz CT molecular complexity index is 592. The molecule has 5 heteroatoms. The number of aryl methyl sites for hydroxylation is 1. The van der Waals surface area contributed by atoms with Crippen LogP contribution in [0.5, 0.6) is 0 Å². The highest BCUT2D eigenvalue weighted by atomic mass is 16.1. The monoisotopic (exact) mass is 284 g/mol. The van der Waals surface area contributed by atoms with Crippen LogP contribution < -0.4 is 11.1 Å². The Labute approximate surface area is 124 Å². The number of nitrogens with zero attached hydrogens (tertiary/aromatic N) is 2. The Morgan fingerprint density at radius 1 is 1.38 bits per heavy atom. The second kappa shape index (κ2) is 5.69. The molecule has 1 atom stereocenters.